The summed E-state index contributed by atoms with van der Waals surface area (Å²) in [5, 5.41) is 2.52. The summed E-state index contributed by atoms with van der Waals surface area (Å²) < 4.78 is 27.2. The Morgan fingerprint density at radius 1 is 0.960 bits per heavy atom. The first-order valence-corrected chi connectivity index (χ1v) is 7.64. The Morgan fingerprint density at radius 2 is 1.68 bits per heavy atom. The normalized spacial score (nSPS) is 13.1. The Morgan fingerprint density at radius 3 is 2.40 bits per heavy atom. The fourth-order valence-corrected chi connectivity index (χ4v) is 2.63. The van der Waals surface area contributed by atoms with Crippen LogP contribution < -0.4 is 5.32 Å². The van der Waals surface area contributed by atoms with E-state index in [1.807, 2.05) is 0 Å². The number of fused-ring (bicyclic) bond motifs is 1. The highest BCUT2D eigenvalue weighted by Gasteiger charge is 2.37. The molecule has 1 aliphatic rings. The van der Waals surface area contributed by atoms with Crippen molar-refractivity contribution in [3.8, 4) is 0 Å². The standard InChI is InChI=1S/C18H14F2N2O3/c19-13-6-2-1-4-11(13)10-21-15(23)8-9-22-17(24)12-5-3-7-14(20)16(12)18(22)25/h1-7H,8-10H2,(H,21,23). The summed E-state index contributed by atoms with van der Waals surface area (Å²) >= 11 is 0. The van der Waals surface area contributed by atoms with Gasteiger partial charge in [-0.2, -0.15) is 0 Å². The van der Waals surface area contributed by atoms with Gasteiger partial charge < -0.3 is 5.32 Å². The van der Waals surface area contributed by atoms with E-state index in [-0.39, 0.29) is 30.6 Å². The average Bonchev–Trinajstić information content (AvgIpc) is 2.84. The summed E-state index contributed by atoms with van der Waals surface area (Å²) in [6.45, 7) is -0.169. The second-order valence-corrected chi connectivity index (χ2v) is 5.54. The molecule has 0 saturated heterocycles. The van der Waals surface area contributed by atoms with E-state index in [1.54, 1.807) is 18.2 Å². The lowest BCUT2D eigenvalue weighted by Gasteiger charge is -2.13. The van der Waals surface area contributed by atoms with Crippen LogP contribution in [0.5, 0.6) is 0 Å². The summed E-state index contributed by atoms with van der Waals surface area (Å²) in [6.07, 6.45) is -0.151. The fraction of sp³-hybridized carbons (Fsp3) is 0.167. The largest absolute Gasteiger partial charge is 0.352 e. The summed E-state index contributed by atoms with van der Waals surface area (Å²) in [4.78, 5) is 37.0. The Hall–Kier alpha value is -3.09. The maximum absolute atomic E-state index is 13.7. The molecule has 3 amide bonds. The average molecular weight is 344 g/mol. The summed E-state index contributed by atoms with van der Waals surface area (Å²) in [6, 6.07) is 9.85. The van der Waals surface area contributed by atoms with E-state index in [1.165, 1.54) is 18.2 Å². The molecule has 0 bridgehead atoms. The molecule has 2 aromatic carbocycles. The highest BCUT2D eigenvalue weighted by molar-refractivity contribution is 6.21. The smallest absolute Gasteiger partial charge is 0.264 e. The minimum atomic E-state index is -0.762. The highest BCUT2D eigenvalue weighted by atomic mass is 19.1. The summed E-state index contributed by atoms with van der Waals surface area (Å²) in [7, 11) is 0. The number of imide groups is 1. The van der Waals surface area contributed by atoms with Gasteiger partial charge >= 0.3 is 0 Å². The predicted octanol–water partition coefficient (Wildman–Crippen LogP) is 2.27. The van der Waals surface area contributed by atoms with E-state index in [0.29, 0.717) is 5.56 Å². The lowest BCUT2D eigenvalue weighted by atomic mass is 10.1. The molecule has 0 aromatic heterocycles. The van der Waals surface area contributed by atoms with Gasteiger partial charge in [-0.15, -0.1) is 0 Å². The second-order valence-electron chi connectivity index (χ2n) is 5.54. The van der Waals surface area contributed by atoms with Gasteiger partial charge in [0.05, 0.1) is 11.1 Å². The number of nitrogens with one attached hydrogen (secondary N) is 1. The van der Waals surface area contributed by atoms with Crippen molar-refractivity contribution in [1.29, 1.82) is 0 Å². The maximum Gasteiger partial charge on any atom is 0.264 e. The van der Waals surface area contributed by atoms with Crippen molar-refractivity contribution < 1.29 is 23.2 Å². The molecule has 2 aromatic rings. The van der Waals surface area contributed by atoms with E-state index in [0.717, 1.165) is 11.0 Å². The van der Waals surface area contributed by atoms with Crippen LogP contribution in [0.4, 0.5) is 8.78 Å². The molecule has 0 atom stereocenters. The number of nitrogens with zero attached hydrogens (tertiary/aromatic N) is 1. The topological polar surface area (TPSA) is 66.5 Å². The van der Waals surface area contributed by atoms with Crippen molar-refractivity contribution in [2.45, 2.75) is 13.0 Å². The van der Waals surface area contributed by atoms with E-state index >= 15 is 0 Å². The van der Waals surface area contributed by atoms with Gasteiger partial charge in [0.1, 0.15) is 11.6 Å². The molecule has 1 aliphatic heterocycles. The van der Waals surface area contributed by atoms with Crippen LogP contribution in [0.2, 0.25) is 0 Å². The number of halogens is 2. The molecule has 0 aliphatic carbocycles. The minimum Gasteiger partial charge on any atom is -0.352 e. The third-order valence-corrected chi connectivity index (χ3v) is 3.94. The van der Waals surface area contributed by atoms with Crippen molar-refractivity contribution in [2.24, 2.45) is 0 Å². The molecule has 0 radical (unpaired) electrons. The monoisotopic (exact) mass is 344 g/mol. The Labute approximate surface area is 142 Å². The van der Waals surface area contributed by atoms with Crippen molar-refractivity contribution in [1.82, 2.24) is 10.2 Å². The third kappa shape index (κ3) is 3.26. The van der Waals surface area contributed by atoms with Crippen molar-refractivity contribution >= 4 is 17.7 Å². The van der Waals surface area contributed by atoms with Crippen molar-refractivity contribution in [2.75, 3.05) is 6.54 Å². The van der Waals surface area contributed by atoms with Gasteiger partial charge in [0.2, 0.25) is 5.91 Å². The number of carbonyl (C=O) groups is 3. The number of rotatable bonds is 5. The molecule has 5 nitrogen and oxygen atoms in total. The van der Waals surface area contributed by atoms with Gasteiger partial charge in [0.15, 0.2) is 0 Å². The predicted molar refractivity (Wildman–Crippen MR) is 84.6 cm³/mol. The lowest BCUT2D eigenvalue weighted by Crippen LogP contribution is -2.34. The first-order chi connectivity index (χ1) is 12.0. The molecule has 7 heteroatoms. The van der Waals surface area contributed by atoms with Gasteiger partial charge in [0, 0.05) is 25.1 Å². The number of hydrogen-bond donors (Lipinski definition) is 1. The molecule has 25 heavy (non-hydrogen) atoms. The van der Waals surface area contributed by atoms with E-state index in [4.69, 9.17) is 0 Å². The number of amides is 3. The van der Waals surface area contributed by atoms with Crippen LogP contribution in [0.15, 0.2) is 42.5 Å². The van der Waals surface area contributed by atoms with Crippen molar-refractivity contribution in [3.05, 3.63) is 70.8 Å². The molecule has 3 rings (SSSR count). The molecular formula is C18H14F2N2O3. The van der Waals surface area contributed by atoms with Gasteiger partial charge in [-0.25, -0.2) is 8.78 Å². The third-order valence-electron chi connectivity index (χ3n) is 3.94. The molecule has 0 saturated carbocycles. The Kier molecular flexibility index (Phi) is 4.56. The van der Waals surface area contributed by atoms with E-state index < -0.39 is 29.4 Å². The first kappa shape index (κ1) is 16.8. The van der Waals surface area contributed by atoms with Crippen LogP contribution in [-0.4, -0.2) is 29.2 Å². The number of carbonyl (C=O) groups excluding carboxylic acids is 3. The fourth-order valence-electron chi connectivity index (χ4n) is 2.63. The Bertz CT molecular complexity index is 867. The van der Waals surface area contributed by atoms with Gasteiger partial charge in [-0.1, -0.05) is 24.3 Å². The zero-order valence-corrected chi connectivity index (χ0v) is 13.1. The Balaban J connectivity index is 1.58. The summed E-state index contributed by atoms with van der Waals surface area (Å²) in [5.74, 6) is -3.01. The van der Waals surface area contributed by atoms with Gasteiger partial charge in [0.25, 0.3) is 11.8 Å². The molecule has 0 unspecified atom stereocenters. The molecule has 0 fully saturated rings. The maximum atomic E-state index is 13.7. The molecule has 1 heterocycles. The lowest BCUT2D eigenvalue weighted by molar-refractivity contribution is -0.121. The molecular weight excluding hydrogens is 330 g/mol. The van der Waals surface area contributed by atoms with Crippen LogP contribution in [0, 0.1) is 11.6 Å². The first-order valence-electron chi connectivity index (χ1n) is 7.64. The molecule has 1 N–H and O–H groups in total. The zero-order valence-electron chi connectivity index (χ0n) is 13.1. The van der Waals surface area contributed by atoms with Crippen LogP contribution in [0.1, 0.15) is 32.7 Å². The zero-order chi connectivity index (χ0) is 18.0. The van der Waals surface area contributed by atoms with Crippen LogP contribution >= 0.6 is 0 Å². The number of benzene rings is 2. The summed E-state index contributed by atoms with van der Waals surface area (Å²) in [5.41, 5.74) is 0.0645. The van der Waals surface area contributed by atoms with Crippen LogP contribution in [0.25, 0.3) is 0 Å². The van der Waals surface area contributed by atoms with Gasteiger partial charge in [-0.05, 0) is 18.2 Å². The van der Waals surface area contributed by atoms with E-state index in [9.17, 15) is 23.2 Å². The molecule has 0 spiro atoms. The van der Waals surface area contributed by atoms with Gasteiger partial charge in [-0.3, -0.25) is 19.3 Å². The highest BCUT2D eigenvalue weighted by Crippen LogP contribution is 2.25. The van der Waals surface area contributed by atoms with Crippen LogP contribution in [0.3, 0.4) is 0 Å². The SMILES string of the molecule is O=C(CCN1C(=O)c2cccc(F)c2C1=O)NCc1ccccc1F. The minimum absolute atomic E-state index is 0.00224. The van der Waals surface area contributed by atoms with Crippen LogP contribution in [-0.2, 0) is 11.3 Å². The molecule has 128 valence electrons. The van der Waals surface area contributed by atoms with Crippen molar-refractivity contribution in [3.63, 3.8) is 0 Å². The van der Waals surface area contributed by atoms with E-state index in [2.05, 4.69) is 5.32 Å². The second kappa shape index (κ2) is 6.80. The number of hydrogen-bond acceptors (Lipinski definition) is 3. The quantitative estimate of drug-likeness (QED) is 0.846.